The SMILES string of the molecule is COc1cc(-c2cc(C#N)cc(-c3cccc(Oc4ccc(F)c(O)c4)n3)c2)cc(-c2cccc(Oc3ccc4cn[nH]c4c3)n2)c1F. The lowest BCUT2D eigenvalue weighted by Gasteiger charge is -2.14. The molecule has 7 aromatic rings. The van der Waals surface area contributed by atoms with Crippen LogP contribution >= 0.6 is 0 Å². The van der Waals surface area contributed by atoms with E-state index in [9.17, 15) is 14.8 Å². The third kappa shape index (κ3) is 6.05. The molecule has 234 valence electrons. The second kappa shape index (κ2) is 12.5. The van der Waals surface area contributed by atoms with Crippen LogP contribution < -0.4 is 14.2 Å². The van der Waals surface area contributed by atoms with Gasteiger partial charge in [-0.2, -0.15) is 10.4 Å². The number of fused-ring (bicyclic) bond motifs is 1. The number of benzene rings is 4. The van der Waals surface area contributed by atoms with Crippen LogP contribution in [0, 0.1) is 23.0 Å². The van der Waals surface area contributed by atoms with E-state index in [1.54, 1.807) is 79.0 Å². The largest absolute Gasteiger partial charge is 0.505 e. The highest BCUT2D eigenvalue weighted by atomic mass is 19.1. The Morgan fingerprint density at radius 2 is 1.44 bits per heavy atom. The minimum absolute atomic E-state index is 0.0136. The van der Waals surface area contributed by atoms with Gasteiger partial charge >= 0.3 is 0 Å². The van der Waals surface area contributed by atoms with E-state index in [-0.39, 0.29) is 28.8 Å². The second-order valence-electron chi connectivity index (χ2n) is 10.6. The number of ether oxygens (including phenoxy) is 3. The van der Waals surface area contributed by atoms with E-state index in [0.717, 1.165) is 23.0 Å². The van der Waals surface area contributed by atoms with Gasteiger partial charge in [0, 0.05) is 40.8 Å². The topological polar surface area (TPSA) is 126 Å². The highest BCUT2D eigenvalue weighted by Crippen LogP contribution is 2.37. The molecule has 0 aliphatic rings. The molecule has 3 heterocycles. The first-order valence-electron chi connectivity index (χ1n) is 14.5. The molecule has 11 heteroatoms. The maximum absolute atomic E-state index is 15.8. The van der Waals surface area contributed by atoms with E-state index in [1.165, 1.54) is 13.2 Å². The van der Waals surface area contributed by atoms with Gasteiger partial charge in [-0.15, -0.1) is 0 Å². The number of H-pyrrole nitrogens is 1. The van der Waals surface area contributed by atoms with E-state index < -0.39 is 17.4 Å². The molecule has 0 radical (unpaired) electrons. The first-order valence-corrected chi connectivity index (χ1v) is 14.5. The summed E-state index contributed by atoms with van der Waals surface area (Å²) in [6.45, 7) is 0. The quantitative estimate of drug-likeness (QED) is 0.169. The number of nitrogens with one attached hydrogen (secondary N) is 1. The van der Waals surface area contributed by atoms with E-state index in [4.69, 9.17) is 14.2 Å². The van der Waals surface area contributed by atoms with E-state index in [1.807, 2.05) is 12.1 Å². The zero-order valence-corrected chi connectivity index (χ0v) is 25.1. The number of methoxy groups -OCH3 is 1. The Morgan fingerprint density at radius 1 is 0.750 bits per heavy atom. The molecule has 48 heavy (non-hydrogen) atoms. The number of aromatic amines is 1. The van der Waals surface area contributed by atoms with Crippen LogP contribution in [0.5, 0.6) is 34.8 Å². The average molecular weight is 640 g/mol. The molecule has 0 unspecified atom stereocenters. The molecule has 0 aliphatic heterocycles. The summed E-state index contributed by atoms with van der Waals surface area (Å²) in [5.41, 5.74) is 3.84. The Bertz CT molecular complexity index is 2370. The van der Waals surface area contributed by atoms with Crippen LogP contribution in [0.15, 0.2) is 109 Å². The van der Waals surface area contributed by atoms with Crippen molar-refractivity contribution in [1.82, 2.24) is 20.2 Å². The molecule has 0 spiro atoms. The number of nitriles is 1. The number of pyridine rings is 2. The summed E-state index contributed by atoms with van der Waals surface area (Å²) in [5, 5.41) is 27.4. The van der Waals surface area contributed by atoms with Crippen molar-refractivity contribution < 1.29 is 28.1 Å². The number of aromatic hydroxyl groups is 1. The number of aromatic nitrogens is 4. The molecule has 0 atom stereocenters. The standard InChI is InChI=1S/C37H23F2N5O4/c1-46-34-16-24(15-28(37(34)39)31-5-3-7-36(43-31)47-26-9-8-22-20-41-44-32(22)17-26)23-12-21(19-40)13-25(14-23)30-4-2-6-35(42-30)48-27-10-11-29(38)33(45)18-27/h2-18,20,45H,1H3,(H,41,44). The lowest BCUT2D eigenvalue weighted by atomic mass is 9.96. The van der Waals surface area contributed by atoms with Crippen LogP contribution in [0.3, 0.4) is 0 Å². The van der Waals surface area contributed by atoms with Crippen LogP contribution in [0.2, 0.25) is 0 Å². The van der Waals surface area contributed by atoms with Gasteiger partial charge in [0.2, 0.25) is 11.8 Å². The van der Waals surface area contributed by atoms with Gasteiger partial charge in [-0.1, -0.05) is 12.1 Å². The summed E-state index contributed by atoms with van der Waals surface area (Å²) < 4.78 is 46.4. The Hall–Kier alpha value is -6.80. The fourth-order valence-corrected chi connectivity index (χ4v) is 5.14. The number of halogens is 2. The lowest BCUT2D eigenvalue weighted by Crippen LogP contribution is -1.97. The molecule has 0 amide bonds. The van der Waals surface area contributed by atoms with Crippen molar-refractivity contribution in [3.05, 3.63) is 127 Å². The normalized spacial score (nSPS) is 10.9. The van der Waals surface area contributed by atoms with Crippen LogP contribution in [-0.2, 0) is 0 Å². The van der Waals surface area contributed by atoms with Crippen molar-refractivity contribution in [3.8, 4) is 74.5 Å². The van der Waals surface area contributed by atoms with E-state index in [0.29, 0.717) is 39.4 Å². The highest BCUT2D eigenvalue weighted by Gasteiger charge is 2.18. The molecule has 3 aromatic heterocycles. The van der Waals surface area contributed by atoms with Gasteiger partial charge in [-0.25, -0.2) is 18.7 Å². The summed E-state index contributed by atoms with van der Waals surface area (Å²) in [4.78, 5) is 9.12. The number of rotatable bonds is 8. The minimum atomic E-state index is -0.772. The van der Waals surface area contributed by atoms with E-state index in [2.05, 4.69) is 26.2 Å². The van der Waals surface area contributed by atoms with Gasteiger partial charge in [0.05, 0.1) is 41.8 Å². The smallest absolute Gasteiger partial charge is 0.219 e. The van der Waals surface area contributed by atoms with Crippen molar-refractivity contribution in [3.63, 3.8) is 0 Å². The first-order chi connectivity index (χ1) is 23.4. The van der Waals surface area contributed by atoms with Crippen LogP contribution in [-0.4, -0.2) is 32.4 Å². The van der Waals surface area contributed by atoms with Crippen molar-refractivity contribution in [2.75, 3.05) is 7.11 Å². The van der Waals surface area contributed by atoms with Gasteiger partial charge < -0.3 is 19.3 Å². The number of phenols is 1. The summed E-state index contributed by atoms with van der Waals surface area (Å²) in [7, 11) is 1.37. The monoisotopic (exact) mass is 639 g/mol. The van der Waals surface area contributed by atoms with Gasteiger partial charge in [-0.3, -0.25) is 5.10 Å². The lowest BCUT2D eigenvalue weighted by molar-refractivity contribution is 0.387. The number of nitrogens with zero attached hydrogens (tertiary/aromatic N) is 4. The maximum Gasteiger partial charge on any atom is 0.219 e. The molecular weight excluding hydrogens is 616 g/mol. The highest BCUT2D eigenvalue weighted by molar-refractivity contribution is 5.80. The van der Waals surface area contributed by atoms with Gasteiger partial charge in [0.1, 0.15) is 11.5 Å². The number of hydrogen-bond donors (Lipinski definition) is 2. The van der Waals surface area contributed by atoms with Crippen LogP contribution in [0.1, 0.15) is 5.56 Å². The third-order valence-corrected chi connectivity index (χ3v) is 7.45. The van der Waals surface area contributed by atoms with Crippen molar-refractivity contribution in [1.29, 1.82) is 5.26 Å². The van der Waals surface area contributed by atoms with Crippen molar-refractivity contribution >= 4 is 10.9 Å². The number of phenolic OH excluding ortho intramolecular Hbond substituents is 1. The van der Waals surface area contributed by atoms with Crippen LogP contribution in [0.25, 0.3) is 44.5 Å². The summed E-state index contributed by atoms with van der Waals surface area (Å²) in [5.74, 6) is -0.781. The minimum Gasteiger partial charge on any atom is -0.505 e. The fraction of sp³-hybridized carbons (Fsp3) is 0.0270. The van der Waals surface area contributed by atoms with Crippen molar-refractivity contribution in [2.45, 2.75) is 0 Å². The molecule has 0 bridgehead atoms. The van der Waals surface area contributed by atoms with Gasteiger partial charge in [-0.05, 0) is 77.9 Å². The van der Waals surface area contributed by atoms with Crippen LogP contribution in [0.4, 0.5) is 8.78 Å². The molecule has 0 saturated carbocycles. The molecule has 7 rings (SSSR count). The molecular formula is C37H23F2N5O4. The molecule has 0 saturated heterocycles. The summed E-state index contributed by atoms with van der Waals surface area (Å²) in [6.07, 6.45) is 1.71. The van der Waals surface area contributed by atoms with Gasteiger partial charge in [0.25, 0.3) is 0 Å². The number of hydrogen-bond acceptors (Lipinski definition) is 8. The molecule has 2 N–H and O–H groups in total. The Labute approximate surface area is 272 Å². The Balaban J connectivity index is 1.24. The predicted octanol–water partition coefficient (Wildman–Crippen LogP) is 8.80. The molecule has 4 aromatic carbocycles. The Morgan fingerprint density at radius 3 is 2.19 bits per heavy atom. The maximum atomic E-state index is 15.8. The zero-order valence-electron chi connectivity index (χ0n) is 25.1. The summed E-state index contributed by atoms with van der Waals surface area (Å²) in [6, 6.07) is 29.7. The summed E-state index contributed by atoms with van der Waals surface area (Å²) >= 11 is 0. The molecule has 0 aliphatic carbocycles. The zero-order chi connectivity index (χ0) is 33.2. The predicted molar refractivity (Wildman–Crippen MR) is 174 cm³/mol. The van der Waals surface area contributed by atoms with Crippen molar-refractivity contribution in [2.24, 2.45) is 0 Å². The van der Waals surface area contributed by atoms with E-state index >= 15 is 4.39 Å². The fourth-order valence-electron chi connectivity index (χ4n) is 5.14. The first kappa shape index (κ1) is 29.9. The molecule has 9 nitrogen and oxygen atoms in total. The second-order valence-corrected chi connectivity index (χ2v) is 10.6. The molecule has 0 fully saturated rings. The van der Waals surface area contributed by atoms with Gasteiger partial charge in [0.15, 0.2) is 23.1 Å². The third-order valence-electron chi connectivity index (χ3n) is 7.45. The Kier molecular flexibility index (Phi) is 7.80. The average Bonchev–Trinajstić information content (AvgIpc) is 3.58.